The lowest BCUT2D eigenvalue weighted by molar-refractivity contribution is 0.100. The van der Waals surface area contributed by atoms with Gasteiger partial charge in [-0.1, -0.05) is 11.6 Å². The van der Waals surface area contributed by atoms with Gasteiger partial charge in [-0.05, 0) is 23.6 Å². The number of thiophene rings is 1. The fourth-order valence-electron chi connectivity index (χ4n) is 1.20. The molecule has 0 aromatic carbocycles. The highest BCUT2D eigenvalue weighted by molar-refractivity contribution is 7.14. The summed E-state index contributed by atoms with van der Waals surface area (Å²) in [6, 6.07) is 4.42. The highest BCUT2D eigenvalue weighted by atomic mass is 35.5. The van der Waals surface area contributed by atoms with Gasteiger partial charge in [-0.3, -0.25) is 9.59 Å². The Balaban J connectivity index is 2.19. The van der Waals surface area contributed by atoms with Gasteiger partial charge in [-0.25, -0.2) is 0 Å². The largest absolute Gasteiger partial charge is 0.366 e. The normalized spacial score (nSPS) is 10.1. The molecule has 0 fully saturated rings. The van der Waals surface area contributed by atoms with E-state index in [9.17, 15) is 9.59 Å². The molecular weight excluding hydrogens is 276 g/mol. The number of primary amides is 1. The van der Waals surface area contributed by atoms with Crippen LogP contribution < -0.4 is 11.1 Å². The molecule has 0 spiro atoms. The number of amides is 2. The molecule has 6 nitrogen and oxygen atoms in total. The zero-order valence-electron chi connectivity index (χ0n) is 8.88. The average molecular weight is 283 g/mol. The molecule has 2 heterocycles. The van der Waals surface area contributed by atoms with Crippen molar-refractivity contribution < 1.29 is 9.59 Å². The molecule has 8 heteroatoms. The van der Waals surface area contributed by atoms with Crippen LogP contribution in [-0.2, 0) is 0 Å². The first-order chi connectivity index (χ1) is 8.58. The molecule has 3 N–H and O–H groups in total. The first-order valence-corrected chi connectivity index (χ1v) is 6.01. The highest BCUT2D eigenvalue weighted by Crippen LogP contribution is 2.23. The van der Waals surface area contributed by atoms with E-state index in [1.807, 2.05) is 0 Å². The fraction of sp³-hybridized carbons (Fsp3) is 0. The van der Waals surface area contributed by atoms with Crippen LogP contribution in [0.5, 0.6) is 0 Å². The molecule has 0 unspecified atom stereocenters. The van der Waals surface area contributed by atoms with Gasteiger partial charge in [-0.15, -0.1) is 21.5 Å². The second-order valence-corrected chi connectivity index (χ2v) is 4.53. The van der Waals surface area contributed by atoms with E-state index in [0.717, 1.165) is 0 Å². The number of nitrogens with two attached hydrogens (primary N) is 1. The first-order valence-electron chi connectivity index (χ1n) is 4.76. The van der Waals surface area contributed by atoms with Crippen LogP contribution in [-0.4, -0.2) is 22.0 Å². The number of nitrogens with one attached hydrogen (secondary N) is 1. The number of halogens is 1. The molecule has 2 aromatic heterocycles. The monoisotopic (exact) mass is 282 g/mol. The minimum atomic E-state index is -0.603. The zero-order chi connectivity index (χ0) is 13.1. The van der Waals surface area contributed by atoms with E-state index in [-0.39, 0.29) is 16.4 Å². The van der Waals surface area contributed by atoms with Gasteiger partial charge < -0.3 is 11.1 Å². The van der Waals surface area contributed by atoms with E-state index in [1.165, 1.54) is 29.5 Å². The Labute approximate surface area is 111 Å². The molecule has 92 valence electrons. The lowest BCUT2D eigenvalue weighted by Gasteiger charge is -2.03. The second kappa shape index (κ2) is 5.11. The van der Waals surface area contributed by atoms with Crippen LogP contribution in [0.3, 0.4) is 0 Å². The first kappa shape index (κ1) is 12.5. The molecule has 2 amide bonds. The second-order valence-electron chi connectivity index (χ2n) is 3.22. The molecule has 0 aliphatic heterocycles. The predicted octanol–water partition coefficient (Wildman–Crippen LogP) is 1.54. The number of hydrogen-bond donors (Lipinski definition) is 2. The standard InChI is InChI=1S/C10H7ClN4O2S/c11-7-2-1-6(14-15-7)9(17)13-10-5(8(12)16)3-4-18-10/h1-4H,(H2,12,16)(H,13,17). The highest BCUT2D eigenvalue weighted by Gasteiger charge is 2.14. The van der Waals surface area contributed by atoms with Gasteiger partial charge in [0.05, 0.1) is 5.56 Å². The number of nitrogens with zero attached hydrogens (tertiary/aromatic N) is 2. The third kappa shape index (κ3) is 2.63. The smallest absolute Gasteiger partial charge is 0.276 e. The Kier molecular flexibility index (Phi) is 3.54. The van der Waals surface area contributed by atoms with E-state index >= 15 is 0 Å². The SMILES string of the molecule is NC(=O)c1ccsc1NC(=O)c1ccc(Cl)nn1. The molecule has 0 radical (unpaired) electrons. The Morgan fingerprint density at radius 2 is 2.06 bits per heavy atom. The quantitative estimate of drug-likeness (QED) is 0.892. The molecule has 2 rings (SSSR count). The van der Waals surface area contributed by atoms with Crippen molar-refractivity contribution >= 4 is 39.8 Å². The van der Waals surface area contributed by atoms with Crippen LogP contribution in [0, 0.1) is 0 Å². The lowest BCUT2D eigenvalue weighted by Crippen LogP contribution is -2.17. The van der Waals surface area contributed by atoms with Crippen LogP contribution in [0.2, 0.25) is 5.15 Å². The number of hydrogen-bond acceptors (Lipinski definition) is 5. The number of rotatable bonds is 3. The maximum absolute atomic E-state index is 11.8. The van der Waals surface area contributed by atoms with E-state index in [2.05, 4.69) is 15.5 Å². The van der Waals surface area contributed by atoms with Crippen molar-refractivity contribution in [1.29, 1.82) is 0 Å². The Morgan fingerprint density at radius 3 is 2.67 bits per heavy atom. The number of aromatic nitrogens is 2. The maximum Gasteiger partial charge on any atom is 0.276 e. The molecule has 0 aliphatic carbocycles. The molecular formula is C10H7ClN4O2S. The van der Waals surface area contributed by atoms with Crippen molar-refractivity contribution in [3.8, 4) is 0 Å². The fourth-order valence-corrected chi connectivity index (χ4v) is 2.09. The minimum absolute atomic E-state index is 0.100. The van der Waals surface area contributed by atoms with Crippen LogP contribution in [0.25, 0.3) is 0 Å². The summed E-state index contributed by atoms with van der Waals surface area (Å²) in [6.45, 7) is 0. The van der Waals surface area contributed by atoms with Crippen LogP contribution in [0.4, 0.5) is 5.00 Å². The van der Waals surface area contributed by atoms with Gasteiger partial charge in [0.15, 0.2) is 10.8 Å². The van der Waals surface area contributed by atoms with Gasteiger partial charge in [-0.2, -0.15) is 0 Å². The lowest BCUT2D eigenvalue weighted by atomic mass is 10.3. The van der Waals surface area contributed by atoms with Crippen molar-refractivity contribution in [3.63, 3.8) is 0 Å². The minimum Gasteiger partial charge on any atom is -0.366 e. The summed E-state index contributed by atoms with van der Waals surface area (Å²) >= 11 is 6.76. The van der Waals surface area contributed by atoms with Gasteiger partial charge in [0.25, 0.3) is 11.8 Å². The van der Waals surface area contributed by atoms with Crippen molar-refractivity contribution in [2.24, 2.45) is 5.73 Å². The summed E-state index contributed by atoms with van der Waals surface area (Å²) in [6.07, 6.45) is 0. The summed E-state index contributed by atoms with van der Waals surface area (Å²) < 4.78 is 0. The van der Waals surface area contributed by atoms with Crippen molar-refractivity contribution in [2.75, 3.05) is 5.32 Å². The molecule has 0 aliphatic rings. The third-order valence-electron chi connectivity index (χ3n) is 2.02. The summed E-state index contributed by atoms with van der Waals surface area (Å²) in [5.74, 6) is -1.09. The molecule has 0 atom stereocenters. The molecule has 2 aromatic rings. The topological polar surface area (TPSA) is 98.0 Å². The summed E-state index contributed by atoms with van der Waals surface area (Å²) in [5.41, 5.74) is 5.52. The predicted molar refractivity (Wildman–Crippen MR) is 67.8 cm³/mol. The van der Waals surface area contributed by atoms with E-state index in [0.29, 0.717) is 5.00 Å². The van der Waals surface area contributed by atoms with Crippen molar-refractivity contribution in [3.05, 3.63) is 40.0 Å². The number of carbonyl (C=O) groups is 2. The van der Waals surface area contributed by atoms with Gasteiger partial charge >= 0.3 is 0 Å². The van der Waals surface area contributed by atoms with Crippen LogP contribution >= 0.6 is 22.9 Å². The van der Waals surface area contributed by atoms with Gasteiger partial charge in [0.2, 0.25) is 0 Å². The van der Waals surface area contributed by atoms with E-state index < -0.39 is 11.8 Å². The number of anilines is 1. The summed E-state index contributed by atoms with van der Waals surface area (Å²) in [7, 11) is 0. The zero-order valence-corrected chi connectivity index (χ0v) is 10.5. The van der Waals surface area contributed by atoms with Crippen molar-refractivity contribution in [2.45, 2.75) is 0 Å². The van der Waals surface area contributed by atoms with Crippen molar-refractivity contribution in [1.82, 2.24) is 10.2 Å². The van der Waals surface area contributed by atoms with Crippen LogP contribution in [0.15, 0.2) is 23.6 Å². The van der Waals surface area contributed by atoms with Crippen LogP contribution in [0.1, 0.15) is 20.8 Å². The maximum atomic E-state index is 11.8. The molecule has 0 saturated heterocycles. The number of carbonyl (C=O) groups excluding carboxylic acids is 2. The van der Waals surface area contributed by atoms with Gasteiger partial charge in [0.1, 0.15) is 5.00 Å². The molecule has 0 bridgehead atoms. The summed E-state index contributed by atoms with van der Waals surface area (Å²) in [5, 5.41) is 12.0. The van der Waals surface area contributed by atoms with E-state index in [4.69, 9.17) is 17.3 Å². The molecule has 0 saturated carbocycles. The molecule has 18 heavy (non-hydrogen) atoms. The van der Waals surface area contributed by atoms with E-state index in [1.54, 1.807) is 5.38 Å². The Hall–Kier alpha value is -1.99. The average Bonchev–Trinajstić information content (AvgIpc) is 2.78. The Morgan fingerprint density at radius 1 is 1.28 bits per heavy atom. The summed E-state index contributed by atoms with van der Waals surface area (Å²) in [4.78, 5) is 22.9. The Bertz CT molecular complexity index is 596. The van der Waals surface area contributed by atoms with Gasteiger partial charge in [0, 0.05) is 0 Å². The third-order valence-corrected chi connectivity index (χ3v) is 3.05.